The molecule has 1 N–H and O–H groups in total. The molecule has 0 amide bonds. The average molecular weight is 491 g/mol. The minimum atomic E-state index is 0. The van der Waals surface area contributed by atoms with E-state index >= 15 is 0 Å². The molecule has 0 spiro atoms. The largest absolute Gasteiger partial charge is 0.497 e. The number of piperidine rings is 1. The third-order valence-corrected chi connectivity index (χ3v) is 4.63. The van der Waals surface area contributed by atoms with E-state index in [4.69, 9.17) is 14.2 Å². The molecule has 0 aliphatic carbocycles. The summed E-state index contributed by atoms with van der Waals surface area (Å²) in [6, 6.07) is 8.20. The van der Waals surface area contributed by atoms with Crippen LogP contribution in [0.1, 0.15) is 24.8 Å². The average Bonchev–Trinajstić information content (AvgIpc) is 2.69. The number of rotatable bonds is 9. The van der Waals surface area contributed by atoms with Crippen molar-refractivity contribution in [1.29, 1.82) is 0 Å². The zero-order chi connectivity index (χ0) is 18.6. The number of guanidine groups is 1. The van der Waals surface area contributed by atoms with Gasteiger partial charge in [0.25, 0.3) is 0 Å². The van der Waals surface area contributed by atoms with Gasteiger partial charge in [0, 0.05) is 47.0 Å². The van der Waals surface area contributed by atoms with Crippen molar-refractivity contribution in [3.05, 3.63) is 29.8 Å². The number of aliphatic imine (C=N–C) groups is 1. The Balaban J connectivity index is 0.00000364. The summed E-state index contributed by atoms with van der Waals surface area (Å²) < 4.78 is 16.3. The molecule has 1 aromatic rings. The molecule has 1 heterocycles. The SMILES string of the molecule is CN=C(NCCc1cccc(OC)c1)N1CCC(OCCCOC)CC1.I. The van der Waals surface area contributed by atoms with E-state index in [1.165, 1.54) is 5.56 Å². The molecular weight excluding hydrogens is 457 g/mol. The van der Waals surface area contributed by atoms with Gasteiger partial charge in [-0.1, -0.05) is 12.1 Å². The molecule has 1 fully saturated rings. The molecule has 0 aromatic heterocycles. The number of methoxy groups -OCH3 is 2. The molecule has 1 saturated heterocycles. The van der Waals surface area contributed by atoms with Gasteiger partial charge in [-0.25, -0.2) is 0 Å². The highest BCUT2D eigenvalue weighted by molar-refractivity contribution is 14.0. The molecule has 27 heavy (non-hydrogen) atoms. The summed E-state index contributed by atoms with van der Waals surface area (Å²) in [6.45, 7) is 4.36. The second-order valence-electron chi connectivity index (χ2n) is 6.48. The molecule has 0 bridgehead atoms. The second-order valence-corrected chi connectivity index (χ2v) is 6.48. The summed E-state index contributed by atoms with van der Waals surface area (Å²) in [5.74, 6) is 1.88. The van der Waals surface area contributed by atoms with Crippen molar-refractivity contribution < 1.29 is 14.2 Å². The van der Waals surface area contributed by atoms with E-state index in [1.54, 1.807) is 14.2 Å². The Morgan fingerprint density at radius 1 is 1.22 bits per heavy atom. The molecule has 1 aromatic carbocycles. The zero-order valence-corrected chi connectivity index (χ0v) is 19.1. The molecule has 0 atom stereocenters. The summed E-state index contributed by atoms with van der Waals surface area (Å²) in [4.78, 5) is 6.76. The van der Waals surface area contributed by atoms with Crippen LogP contribution in [0.4, 0.5) is 0 Å². The maximum atomic E-state index is 5.93. The number of nitrogens with zero attached hydrogens (tertiary/aromatic N) is 2. The Kier molecular flexibility index (Phi) is 12.4. The molecule has 1 aliphatic heterocycles. The van der Waals surface area contributed by atoms with E-state index in [0.29, 0.717) is 6.10 Å². The second kappa shape index (κ2) is 14.0. The molecule has 0 unspecified atom stereocenters. The highest BCUT2D eigenvalue weighted by atomic mass is 127. The fourth-order valence-electron chi connectivity index (χ4n) is 3.17. The van der Waals surface area contributed by atoms with Crippen LogP contribution in [0.2, 0.25) is 0 Å². The quantitative estimate of drug-likeness (QED) is 0.249. The van der Waals surface area contributed by atoms with Crippen LogP contribution in [0.15, 0.2) is 29.3 Å². The first-order valence-corrected chi connectivity index (χ1v) is 9.46. The van der Waals surface area contributed by atoms with E-state index in [-0.39, 0.29) is 24.0 Å². The first-order valence-electron chi connectivity index (χ1n) is 9.46. The Morgan fingerprint density at radius 2 is 2.00 bits per heavy atom. The van der Waals surface area contributed by atoms with Gasteiger partial charge in [-0.3, -0.25) is 4.99 Å². The van der Waals surface area contributed by atoms with Gasteiger partial charge in [0.2, 0.25) is 0 Å². The maximum absolute atomic E-state index is 5.93. The van der Waals surface area contributed by atoms with Crippen LogP contribution in [0.3, 0.4) is 0 Å². The third kappa shape index (κ3) is 8.66. The monoisotopic (exact) mass is 491 g/mol. The number of hydrogen-bond donors (Lipinski definition) is 1. The summed E-state index contributed by atoms with van der Waals surface area (Å²) in [6.07, 6.45) is 4.35. The zero-order valence-electron chi connectivity index (χ0n) is 16.8. The fraction of sp³-hybridized carbons (Fsp3) is 0.650. The van der Waals surface area contributed by atoms with Gasteiger partial charge in [-0.05, 0) is 43.4 Å². The number of benzene rings is 1. The highest BCUT2D eigenvalue weighted by Crippen LogP contribution is 2.15. The van der Waals surface area contributed by atoms with Crippen molar-refractivity contribution in [2.75, 3.05) is 54.1 Å². The van der Waals surface area contributed by atoms with Gasteiger partial charge in [-0.15, -0.1) is 24.0 Å². The summed E-state index contributed by atoms with van der Waals surface area (Å²) in [7, 11) is 5.27. The minimum absolute atomic E-state index is 0. The van der Waals surface area contributed by atoms with E-state index < -0.39 is 0 Å². The summed E-state index contributed by atoms with van der Waals surface area (Å²) >= 11 is 0. The standard InChI is InChI=1S/C20H33N3O3.HI/c1-21-20(22-11-8-17-6-4-7-19(16-17)25-3)23-12-9-18(10-13-23)26-15-5-14-24-2;/h4,6-7,16,18H,5,8-15H2,1-3H3,(H,21,22);1H. The highest BCUT2D eigenvalue weighted by Gasteiger charge is 2.21. The van der Waals surface area contributed by atoms with Gasteiger partial charge in [0.05, 0.1) is 13.2 Å². The van der Waals surface area contributed by atoms with Gasteiger partial charge >= 0.3 is 0 Å². The van der Waals surface area contributed by atoms with Crippen LogP contribution in [0.5, 0.6) is 5.75 Å². The van der Waals surface area contributed by atoms with Gasteiger partial charge in [0.1, 0.15) is 5.75 Å². The van der Waals surface area contributed by atoms with Crippen molar-refractivity contribution in [2.45, 2.75) is 31.8 Å². The first kappa shape index (κ1) is 24.0. The molecular formula is C20H34IN3O3. The van der Waals surface area contributed by atoms with Crippen LogP contribution in [0.25, 0.3) is 0 Å². The lowest BCUT2D eigenvalue weighted by molar-refractivity contribution is 0.00992. The molecule has 154 valence electrons. The normalized spacial score (nSPS) is 15.4. The lowest BCUT2D eigenvalue weighted by atomic mass is 10.1. The lowest BCUT2D eigenvalue weighted by Gasteiger charge is -2.34. The van der Waals surface area contributed by atoms with E-state index in [2.05, 4.69) is 27.3 Å². The van der Waals surface area contributed by atoms with Gasteiger partial charge < -0.3 is 24.4 Å². The van der Waals surface area contributed by atoms with Crippen molar-refractivity contribution in [2.24, 2.45) is 4.99 Å². The molecule has 0 saturated carbocycles. The summed E-state index contributed by atoms with van der Waals surface area (Å²) in [5.41, 5.74) is 1.26. The van der Waals surface area contributed by atoms with Crippen molar-refractivity contribution >= 4 is 29.9 Å². The van der Waals surface area contributed by atoms with E-state index in [1.807, 2.05) is 19.2 Å². The fourth-order valence-corrected chi connectivity index (χ4v) is 3.17. The molecule has 2 rings (SSSR count). The lowest BCUT2D eigenvalue weighted by Crippen LogP contribution is -2.47. The molecule has 0 radical (unpaired) electrons. The van der Waals surface area contributed by atoms with E-state index in [9.17, 15) is 0 Å². The van der Waals surface area contributed by atoms with Gasteiger partial charge in [0.15, 0.2) is 5.96 Å². The van der Waals surface area contributed by atoms with Crippen LogP contribution in [-0.2, 0) is 15.9 Å². The Labute approximate surface area is 180 Å². The van der Waals surface area contributed by atoms with Crippen molar-refractivity contribution in [3.8, 4) is 5.75 Å². The summed E-state index contributed by atoms with van der Waals surface area (Å²) in [5, 5.41) is 3.48. The predicted octanol–water partition coefficient (Wildman–Crippen LogP) is 2.95. The van der Waals surface area contributed by atoms with Crippen LogP contribution < -0.4 is 10.1 Å². The van der Waals surface area contributed by atoms with Crippen molar-refractivity contribution in [1.82, 2.24) is 10.2 Å². The number of likely N-dealkylation sites (tertiary alicyclic amines) is 1. The minimum Gasteiger partial charge on any atom is -0.497 e. The molecule has 7 heteroatoms. The maximum Gasteiger partial charge on any atom is 0.193 e. The van der Waals surface area contributed by atoms with Crippen LogP contribution >= 0.6 is 24.0 Å². The van der Waals surface area contributed by atoms with E-state index in [0.717, 1.165) is 70.2 Å². The Hall–Kier alpha value is -1.06. The number of halogens is 1. The van der Waals surface area contributed by atoms with Crippen molar-refractivity contribution in [3.63, 3.8) is 0 Å². The smallest absolute Gasteiger partial charge is 0.193 e. The number of hydrogen-bond acceptors (Lipinski definition) is 4. The van der Waals surface area contributed by atoms with Gasteiger partial charge in [-0.2, -0.15) is 0 Å². The first-order chi connectivity index (χ1) is 12.8. The Morgan fingerprint density at radius 3 is 2.67 bits per heavy atom. The predicted molar refractivity (Wildman–Crippen MR) is 121 cm³/mol. The van der Waals surface area contributed by atoms with Crippen LogP contribution in [0, 0.1) is 0 Å². The topological polar surface area (TPSA) is 55.3 Å². The molecule has 1 aliphatic rings. The number of ether oxygens (including phenoxy) is 3. The van der Waals surface area contributed by atoms with Crippen LogP contribution in [-0.4, -0.2) is 71.1 Å². The molecule has 6 nitrogen and oxygen atoms in total. The third-order valence-electron chi connectivity index (χ3n) is 4.63. The number of nitrogens with one attached hydrogen (secondary N) is 1. The Bertz CT molecular complexity index is 549.